The number of amides is 1. The van der Waals surface area contributed by atoms with Crippen molar-refractivity contribution in [2.24, 2.45) is 0 Å². The van der Waals surface area contributed by atoms with E-state index in [1.54, 1.807) is 29.2 Å². The van der Waals surface area contributed by atoms with Crippen LogP contribution in [-0.4, -0.2) is 34.1 Å². The Morgan fingerprint density at radius 2 is 1.96 bits per heavy atom. The number of H-pyrrole nitrogens is 1. The van der Waals surface area contributed by atoms with Gasteiger partial charge in [0.25, 0.3) is 5.91 Å². The molecule has 1 saturated heterocycles. The molecule has 1 aliphatic heterocycles. The Labute approximate surface area is 155 Å². The lowest BCUT2D eigenvalue weighted by Crippen LogP contribution is -2.39. The van der Waals surface area contributed by atoms with Gasteiger partial charge in [0.05, 0.1) is 11.3 Å². The molecule has 0 bridgehead atoms. The summed E-state index contributed by atoms with van der Waals surface area (Å²) in [4.78, 5) is 14.4. The van der Waals surface area contributed by atoms with E-state index in [0.717, 1.165) is 18.5 Å². The van der Waals surface area contributed by atoms with E-state index in [2.05, 4.69) is 10.2 Å². The summed E-state index contributed by atoms with van der Waals surface area (Å²) in [6, 6.07) is 14.2. The second-order valence-electron chi connectivity index (χ2n) is 6.79. The molecule has 138 valence electrons. The highest BCUT2D eigenvalue weighted by Crippen LogP contribution is 2.29. The molecule has 4 nitrogen and oxygen atoms in total. The molecule has 1 aromatic heterocycles. The van der Waals surface area contributed by atoms with Gasteiger partial charge < -0.3 is 4.90 Å². The highest BCUT2D eigenvalue weighted by Gasteiger charge is 2.28. The quantitative estimate of drug-likeness (QED) is 0.747. The number of nitrogens with one attached hydrogen (secondary N) is 1. The summed E-state index contributed by atoms with van der Waals surface area (Å²) in [5, 5.41) is 7.31. The zero-order chi connectivity index (χ0) is 18.8. The Balaban J connectivity index is 1.52. The summed E-state index contributed by atoms with van der Waals surface area (Å²) < 4.78 is 27.4. The predicted octanol–water partition coefficient (Wildman–Crippen LogP) is 4.37. The van der Waals surface area contributed by atoms with Crippen molar-refractivity contribution in [1.82, 2.24) is 15.1 Å². The second-order valence-corrected chi connectivity index (χ2v) is 6.79. The van der Waals surface area contributed by atoms with E-state index in [9.17, 15) is 13.6 Å². The number of hydrogen-bond donors (Lipinski definition) is 1. The zero-order valence-electron chi connectivity index (χ0n) is 14.7. The summed E-state index contributed by atoms with van der Waals surface area (Å²) in [7, 11) is 0. The number of aromatic amines is 1. The minimum absolute atomic E-state index is 0.0873. The smallest absolute Gasteiger partial charge is 0.256 e. The van der Waals surface area contributed by atoms with Gasteiger partial charge in [0.15, 0.2) is 0 Å². The van der Waals surface area contributed by atoms with Crippen molar-refractivity contribution in [2.45, 2.75) is 18.8 Å². The van der Waals surface area contributed by atoms with Crippen LogP contribution < -0.4 is 0 Å². The van der Waals surface area contributed by atoms with Gasteiger partial charge in [-0.3, -0.25) is 9.89 Å². The first kappa shape index (κ1) is 17.4. The second kappa shape index (κ2) is 7.31. The molecule has 6 heteroatoms. The minimum atomic E-state index is -0.500. The Morgan fingerprint density at radius 3 is 2.78 bits per heavy atom. The molecule has 4 rings (SSSR count). The van der Waals surface area contributed by atoms with Gasteiger partial charge in [0.1, 0.15) is 11.6 Å². The average Bonchev–Trinajstić information content (AvgIpc) is 3.18. The van der Waals surface area contributed by atoms with Crippen molar-refractivity contribution in [2.75, 3.05) is 13.1 Å². The maximum Gasteiger partial charge on any atom is 0.256 e. The van der Waals surface area contributed by atoms with Crippen molar-refractivity contribution < 1.29 is 13.6 Å². The van der Waals surface area contributed by atoms with Crippen molar-refractivity contribution in [3.8, 4) is 11.3 Å². The van der Waals surface area contributed by atoms with Gasteiger partial charge >= 0.3 is 0 Å². The molecule has 0 aliphatic carbocycles. The molecular weight excluding hydrogens is 348 g/mol. The molecule has 2 heterocycles. The molecule has 0 radical (unpaired) electrons. The van der Waals surface area contributed by atoms with Gasteiger partial charge in [-0.25, -0.2) is 8.78 Å². The Morgan fingerprint density at radius 1 is 1.11 bits per heavy atom. The standard InChI is InChI=1S/C21H19F2N3O/c22-16-7-3-5-14(11-16)19-12-20(25-24-19)15-6-4-10-26(13-15)21(27)17-8-1-2-9-18(17)23/h1-3,5,7-9,11-12,15H,4,6,10,13H2,(H,24,25). The number of benzene rings is 2. The van der Waals surface area contributed by atoms with Crippen LogP contribution in [0.3, 0.4) is 0 Å². The van der Waals surface area contributed by atoms with Gasteiger partial charge in [-0.05, 0) is 43.2 Å². The van der Waals surface area contributed by atoms with Gasteiger partial charge in [0.2, 0.25) is 0 Å². The van der Waals surface area contributed by atoms with E-state index < -0.39 is 5.82 Å². The van der Waals surface area contributed by atoms with Crippen molar-refractivity contribution in [1.29, 1.82) is 0 Å². The Hall–Kier alpha value is -3.02. The van der Waals surface area contributed by atoms with Gasteiger partial charge in [-0.2, -0.15) is 5.10 Å². The Bertz CT molecular complexity index is 969. The lowest BCUT2D eigenvalue weighted by molar-refractivity contribution is 0.0701. The van der Waals surface area contributed by atoms with Crippen LogP contribution in [0.4, 0.5) is 8.78 Å². The largest absolute Gasteiger partial charge is 0.338 e. The first-order valence-electron chi connectivity index (χ1n) is 8.97. The van der Waals surface area contributed by atoms with Crippen LogP contribution in [-0.2, 0) is 0 Å². The molecule has 0 saturated carbocycles. The number of halogens is 2. The molecule has 1 fully saturated rings. The van der Waals surface area contributed by atoms with E-state index in [0.29, 0.717) is 24.3 Å². The lowest BCUT2D eigenvalue weighted by atomic mass is 9.93. The monoisotopic (exact) mass is 367 g/mol. The first-order chi connectivity index (χ1) is 13.1. The first-order valence-corrected chi connectivity index (χ1v) is 8.97. The molecule has 1 atom stereocenters. The third-order valence-corrected chi connectivity index (χ3v) is 4.97. The molecule has 27 heavy (non-hydrogen) atoms. The number of piperidine rings is 1. The molecular formula is C21H19F2N3O. The number of nitrogens with zero attached hydrogens (tertiary/aromatic N) is 2. The molecule has 1 unspecified atom stereocenters. The summed E-state index contributed by atoms with van der Waals surface area (Å²) in [6.45, 7) is 1.10. The number of aromatic nitrogens is 2. The summed E-state index contributed by atoms with van der Waals surface area (Å²) in [5.74, 6) is -1.01. The topological polar surface area (TPSA) is 49.0 Å². The maximum atomic E-state index is 13.9. The number of carbonyl (C=O) groups excluding carboxylic acids is 1. The fourth-order valence-electron chi connectivity index (χ4n) is 3.56. The van der Waals surface area contributed by atoms with E-state index in [4.69, 9.17) is 0 Å². The number of likely N-dealkylation sites (tertiary alicyclic amines) is 1. The van der Waals surface area contributed by atoms with Crippen LogP contribution in [0.5, 0.6) is 0 Å². The van der Waals surface area contributed by atoms with E-state index >= 15 is 0 Å². The summed E-state index contributed by atoms with van der Waals surface area (Å²) in [5.41, 5.74) is 2.37. The summed E-state index contributed by atoms with van der Waals surface area (Å²) >= 11 is 0. The van der Waals surface area contributed by atoms with Crippen LogP contribution >= 0.6 is 0 Å². The van der Waals surface area contributed by atoms with Crippen molar-refractivity contribution in [3.63, 3.8) is 0 Å². The van der Waals surface area contributed by atoms with Crippen LogP contribution in [0, 0.1) is 11.6 Å². The molecule has 1 aliphatic rings. The SMILES string of the molecule is O=C(c1ccccc1F)N1CCCC(c2cc(-c3cccc(F)c3)n[nH]2)C1. The highest BCUT2D eigenvalue weighted by atomic mass is 19.1. The van der Waals surface area contributed by atoms with Crippen LogP contribution in [0.2, 0.25) is 0 Å². The fraction of sp³-hybridized carbons (Fsp3) is 0.238. The fourth-order valence-corrected chi connectivity index (χ4v) is 3.56. The lowest BCUT2D eigenvalue weighted by Gasteiger charge is -2.32. The third-order valence-electron chi connectivity index (χ3n) is 4.97. The molecule has 0 spiro atoms. The molecule has 1 amide bonds. The predicted molar refractivity (Wildman–Crippen MR) is 98.3 cm³/mol. The number of hydrogen-bond acceptors (Lipinski definition) is 2. The zero-order valence-corrected chi connectivity index (χ0v) is 14.7. The van der Waals surface area contributed by atoms with Crippen molar-refractivity contribution >= 4 is 5.91 Å². The van der Waals surface area contributed by atoms with Crippen LogP contribution in [0.25, 0.3) is 11.3 Å². The Kier molecular flexibility index (Phi) is 4.71. The number of rotatable bonds is 3. The van der Waals surface area contributed by atoms with E-state index in [1.807, 2.05) is 6.07 Å². The molecule has 3 aromatic rings. The molecule has 2 aromatic carbocycles. The number of carbonyl (C=O) groups is 1. The van der Waals surface area contributed by atoms with Crippen LogP contribution in [0.15, 0.2) is 54.6 Å². The van der Waals surface area contributed by atoms with E-state index in [-0.39, 0.29) is 23.2 Å². The third kappa shape index (κ3) is 3.60. The minimum Gasteiger partial charge on any atom is -0.338 e. The van der Waals surface area contributed by atoms with Crippen LogP contribution in [0.1, 0.15) is 34.8 Å². The normalized spacial score (nSPS) is 17.1. The van der Waals surface area contributed by atoms with Gasteiger partial charge in [-0.1, -0.05) is 24.3 Å². The van der Waals surface area contributed by atoms with Gasteiger partial charge in [-0.15, -0.1) is 0 Å². The summed E-state index contributed by atoms with van der Waals surface area (Å²) in [6.07, 6.45) is 1.74. The van der Waals surface area contributed by atoms with Crippen molar-refractivity contribution in [3.05, 3.63) is 77.5 Å². The van der Waals surface area contributed by atoms with E-state index in [1.165, 1.54) is 24.3 Å². The molecule has 1 N–H and O–H groups in total. The highest BCUT2D eigenvalue weighted by molar-refractivity contribution is 5.94. The van der Waals surface area contributed by atoms with Gasteiger partial charge in [0, 0.05) is 30.3 Å². The average molecular weight is 367 g/mol. The maximum absolute atomic E-state index is 13.9.